The third-order valence-corrected chi connectivity index (χ3v) is 5.96. The van der Waals surface area contributed by atoms with Crippen molar-refractivity contribution in [2.45, 2.75) is 12.8 Å². The zero-order valence-corrected chi connectivity index (χ0v) is 14.8. The average molecular weight is 414 g/mol. The first-order valence-corrected chi connectivity index (χ1v) is 8.82. The Morgan fingerprint density at radius 1 is 1.25 bits per heavy atom. The van der Waals surface area contributed by atoms with Crippen LogP contribution in [0.4, 0.5) is 14.6 Å². The second-order valence-electron chi connectivity index (χ2n) is 6.36. The molecule has 2 aliphatic rings. The zero-order valence-electron chi connectivity index (χ0n) is 12.4. The lowest BCUT2D eigenvalue weighted by atomic mass is 9.86. The van der Waals surface area contributed by atoms with Crippen LogP contribution in [0.25, 0.3) is 10.9 Å². The highest BCUT2D eigenvalue weighted by atomic mass is 79.9. The molecule has 1 saturated heterocycles. The van der Waals surface area contributed by atoms with Crippen LogP contribution >= 0.6 is 27.5 Å². The molecule has 1 aromatic carbocycles. The van der Waals surface area contributed by atoms with Gasteiger partial charge in [-0.2, -0.15) is 10.2 Å². The zero-order chi connectivity index (χ0) is 17.0. The van der Waals surface area contributed by atoms with Crippen molar-refractivity contribution in [2.24, 2.45) is 17.8 Å². The number of nitrogens with zero attached hydrogens (tertiary/aromatic N) is 4. The van der Waals surface area contributed by atoms with Crippen molar-refractivity contribution in [3.05, 3.63) is 27.5 Å². The maximum atomic E-state index is 14.4. The Labute approximate surface area is 150 Å². The lowest BCUT2D eigenvalue weighted by Gasteiger charge is -2.36. The Kier molecular flexibility index (Phi) is 3.85. The van der Waals surface area contributed by atoms with E-state index in [1.807, 2.05) is 4.90 Å². The van der Waals surface area contributed by atoms with E-state index in [2.05, 4.69) is 32.0 Å². The molecular weight excluding hydrogens is 402 g/mol. The largest absolute Gasteiger partial charge is 0.355 e. The highest BCUT2D eigenvalue weighted by molar-refractivity contribution is 9.10. The van der Waals surface area contributed by atoms with Gasteiger partial charge in [0.15, 0.2) is 5.82 Å². The first-order valence-electron chi connectivity index (χ1n) is 7.65. The molecule has 1 aliphatic carbocycles. The molecule has 24 heavy (non-hydrogen) atoms. The summed E-state index contributed by atoms with van der Waals surface area (Å²) in [6, 6.07) is 3.63. The molecule has 124 valence electrons. The number of hydrogen-bond acceptors (Lipinski definition) is 4. The lowest BCUT2D eigenvalue weighted by Crippen LogP contribution is -2.42. The van der Waals surface area contributed by atoms with E-state index in [4.69, 9.17) is 11.6 Å². The monoisotopic (exact) mass is 412 g/mol. The molecule has 8 heteroatoms. The van der Waals surface area contributed by atoms with Crippen LogP contribution in [-0.2, 0) is 0 Å². The normalized spacial score (nSPS) is 26.0. The van der Waals surface area contributed by atoms with E-state index in [-0.39, 0.29) is 33.0 Å². The first-order chi connectivity index (χ1) is 11.5. The minimum absolute atomic E-state index is 0.00646. The minimum Gasteiger partial charge on any atom is -0.355 e. The maximum absolute atomic E-state index is 14.4. The van der Waals surface area contributed by atoms with Gasteiger partial charge in [0, 0.05) is 18.5 Å². The van der Waals surface area contributed by atoms with Crippen molar-refractivity contribution in [1.82, 2.24) is 9.97 Å². The topological polar surface area (TPSA) is 52.8 Å². The van der Waals surface area contributed by atoms with E-state index < -0.39 is 11.6 Å². The Bertz CT molecular complexity index is 871. The molecule has 1 aromatic heterocycles. The van der Waals surface area contributed by atoms with Crippen molar-refractivity contribution in [1.29, 1.82) is 5.26 Å². The summed E-state index contributed by atoms with van der Waals surface area (Å²) < 4.78 is 28.1. The second kappa shape index (κ2) is 5.78. The Morgan fingerprint density at radius 2 is 1.92 bits per heavy atom. The van der Waals surface area contributed by atoms with Gasteiger partial charge in [-0.25, -0.2) is 13.8 Å². The van der Waals surface area contributed by atoms with Crippen molar-refractivity contribution in [3.63, 3.8) is 0 Å². The number of nitriles is 1. The number of piperidine rings is 1. The Hall–Kier alpha value is -1.52. The van der Waals surface area contributed by atoms with Gasteiger partial charge in [-0.1, -0.05) is 0 Å². The van der Waals surface area contributed by atoms with Crippen LogP contribution in [0.5, 0.6) is 0 Å². The third-order valence-electron chi connectivity index (χ3n) is 5.06. The highest BCUT2D eigenvalue weighted by Gasteiger charge is 2.43. The molecule has 2 bridgehead atoms. The molecule has 2 unspecified atom stereocenters. The first kappa shape index (κ1) is 16.0. The van der Waals surface area contributed by atoms with Crippen molar-refractivity contribution >= 4 is 44.3 Å². The average Bonchev–Trinajstić information content (AvgIpc) is 2.81. The van der Waals surface area contributed by atoms with Gasteiger partial charge in [-0.3, -0.25) is 0 Å². The maximum Gasteiger partial charge on any atom is 0.225 e. The van der Waals surface area contributed by atoms with Gasteiger partial charge in [-0.05, 0) is 58.3 Å². The number of hydrogen-bond donors (Lipinski definition) is 0. The smallest absolute Gasteiger partial charge is 0.225 e. The van der Waals surface area contributed by atoms with Crippen molar-refractivity contribution in [3.8, 4) is 6.07 Å². The SMILES string of the molecule is N#CC1C2CCC1CN(c1nc(Cl)nc3c(F)c(Br)c(F)cc13)C2. The molecule has 2 aromatic rings. The number of anilines is 1. The molecule has 4 rings (SSSR count). The van der Waals surface area contributed by atoms with Gasteiger partial charge in [0.1, 0.15) is 17.2 Å². The van der Waals surface area contributed by atoms with E-state index >= 15 is 0 Å². The van der Waals surface area contributed by atoms with Gasteiger partial charge in [0.2, 0.25) is 5.28 Å². The van der Waals surface area contributed by atoms with E-state index in [0.717, 1.165) is 12.8 Å². The Balaban J connectivity index is 1.85. The van der Waals surface area contributed by atoms with Crippen LogP contribution < -0.4 is 4.90 Å². The van der Waals surface area contributed by atoms with Gasteiger partial charge in [-0.15, -0.1) is 0 Å². The van der Waals surface area contributed by atoms with Crippen LogP contribution in [0.2, 0.25) is 5.28 Å². The van der Waals surface area contributed by atoms with Gasteiger partial charge in [0.25, 0.3) is 0 Å². The fourth-order valence-electron chi connectivity index (χ4n) is 3.98. The molecule has 0 amide bonds. The van der Waals surface area contributed by atoms with E-state index in [9.17, 15) is 14.0 Å². The molecular formula is C16H12BrClF2N4. The molecule has 2 atom stereocenters. The summed E-state index contributed by atoms with van der Waals surface area (Å²) in [7, 11) is 0. The fraction of sp³-hybridized carbons (Fsp3) is 0.438. The number of halogens is 4. The summed E-state index contributed by atoms with van der Waals surface area (Å²) in [4.78, 5) is 10.1. The summed E-state index contributed by atoms with van der Waals surface area (Å²) >= 11 is 8.86. The van der Waals surface area contributed by atoms with Crippen LogP contribution in [0.3, 0.4) is 0 Å². The van der Waals surface area contributed by atoms with Crippen LogP contribution in [0.1, 0.15) is 12.8 Å². The Morgan fingerprint density at radius 3 is 2.54 bits per heavy atom. The van der Waals surface area contributed by atoms with Gasteiger partial charge < -0.3 is 4.90 Å². The van der Waals surface area contributed by atoms with Crippen molar-refractivity contribution < 1.29 is 8.78 Å². The molecule has 1 aliphatic heterocycles. The molecule has 0 radical (unpaired) electrons. The minimum atomic E-state index is -0.787. The second-order valence-corrected chi connectivity index (χ2v) is 7.49. The number of fused-ring (bicyclic) bond motifs is 3. The van der Waals surface area contributed by atoms with Gasteiger partial charge in [0.05, 0.1) is 16.5 Å². The molecule has 0 spiro atoms. The van der Waals surface area contributed by atoms with E-state index in [0.29, 0.717) is 24.3 Å². The number of rotatable bonds is 1. The molecule has 0 N–H and O–H groups in total. The number of aromatic nitrogens is 2. The quantitative estimate of drug-likeness (QED) is 0.516. The van der Waals surface area contributed by atoms with Crippen LogP contribution in [0, 0.1) is 40.7 Å². The summed E-state index contributed by atoms with van der Waals surface area (Å²) in [5.74, 6) is -0.506. The summed E-state index contributed by atoms with van der Waals surface area (Å²) in [6.07, 6.45) is 1.98. The highest BCUT2D eigenvalue weighted by Crippen LogP contribution is 2.44. The molecule has 2 heterocycles. The van der Waals surface area contributed by atoms with Crippen molar-refractivity contribution in [2.75, 3.05) is 18.0 Å². The summed E-state index contributed by atoms with van der Waals surface area (Å²) in [6.45, 7) is 1.27. The predicted molar refractivity (Wildman–Crippen MR) is 89.7 cm³/mol. The summed E-state index contributed by atoms with van der Waals surface area (Å²) in [5.41, 5.74) is -0.00646. The lowest BCUT2D eigenvalue weighted by molar-refractivity contribution is 0.336. The van der Waals surface area contributed by atoms with E-state index in [1.54, 1.807) is 0 Å². The van der Waals surface area contributed by atoms with E-state index in [1.165, 1.54) is 6.07 Å². The summed E-state index contributed by atoms with van der Waals surface area (Å²) in [5, 5.41) is 9.55. The molecule has 4 nitrogen and oxygen atoms in total. The fourth-order valence-corrected chi connectivity index (χ4v) is 4.44. The van der Waals surface area contributed by atoms with Crippen LogP contribution in [0.15, 0.2) is 10.5 Å². The standard InChI is InChI=1S/C16H12BrClF2N4/c17-12-11(19)3-9-14(13(12)20)22-16(18)23-15(9)24-5-7-1-2-8(6-24)10(7)4-21/h3,7-8,10H,1-2,5-6H2. The number of benzene rings is 1. The third kappa shape index (κ3) is 2.35. The van der Waals surface area contributed by atoms with Gasteiger partial charge >= 0.3 is 0 Å². The molecule has 1 saturated carbocycles. The van der Waals surface area contributed by atoms with Crippen LogP contribution in [-0.4, -0.2) is 23.1 Å². The molecule has 2 fully saturated rings. The predicted octanol–water partition coefficient (Wildman–Crippen LogP) is 4.31.